The topological polar surface area (TPSA) is 36.4 Å². The standard InChI is InChI=1S/C17H17ClFN3O/c18-14-3-1-2-13(10-14)12-21-6-8-22(9-7-21)17(23)15-4-5-20-11-16(15)19/h1-5,10-11H,6-9,12H2. The summed E-state index contributed by atoms with van der Waals surface area (Å²) in [7, 11) is 0. The van der Waals surface area contributed by atoms with Gasteiger partial charge in [-0.3, -0.25) is 14.7 Å². The van der Waals surface area contributed by atoms with Crippen LogP contribution in [-0.2, 0) is 6.54 Å². The lowest BCUT2D eigenvalue weighted by atomic mass is 10.1. The van der Waals surface area contributed by atoms with Crippen LogP contribution in [0.4, 0.5) is 4.39 Å². The number of nitrogens with zero attached hydrogens (tertiary/aromatic N) is 3. The van der Waals surface area contributed by atoms with Crippen molar-refractivity contribution in [2.24, 2.45) is 0 Å². The maximum absolute atomic E-state index is 13.7. The molecular formula is C17H17ClFN3O. The van der Waals surface area contributed by atoms with Crippen LogP contribution in [0.1, 0.15) is 15.9 Å². The minimum atomic E-state index is -0.571. The maximum Gasteiger partial charge on any atom is 0.257 e. The van der Waals surface area contributed by atoms with E-state index in [-0.39, 0.29) is 11.5 Å². The van der Waals surface area contributed by atoms with Gasteiger partial charge in [-0.25, -0.2) is 4.39 Å². The van der Waals surface area contributed by atoms with Gasteiger partial charge in [0.15, 0.2) is 5.82 Å². The number of carbonyl (C=O) groups excluding carboxylic acids is 1. The zero-order valence-corrected chi connectivity index (χ0v) is 13.3. The number of halogens is 2. The minimum absolute atomic E-state index is 0.0864. The van der Waals surface area contributed by atoms with Crippen LogP contribution >= 0.6 is 11.6 Å². The number of rotatable bonds is 3. The van der Waals surface area contributed by atoms with Gasteiger partial charge < -0.3 is 4.90 Å². The summed E-state index contributed by atoms with van der Waals surface area (Å²) < 4.78 is 13.7. The molecule has 1 aromatic carbocycles. The molecule has 120 valence electrons. The van der Waals surface area contributed by atoms with E-state index in [0.717, 1.165) is 36.4 Å². The molecule has 1 aromatic heterocycles. The lowest BCUT2D eigenvalue weighted by Crippen LogP contribution is -2.48. The fourth-order valence-corrected chi connectivity index (χ4v) is 2.93. The Kier molecular flexibility index (Phi) is 4.88. The number of benzene rings is 1. The van der Waals surface area contributed by atoms with Gasteiger partial charge in [0.1, 0.15) is 0 Å². The van der Waals surface area contributed by atoms with Crippen molar-refractivity contribution in [1.29, 1.82) is 0 Å². The molecule has 6 heteroatoms. The summed E-state index contributed by atoms with van der Waals surface area (Å²) in [4.78, 5) is 20.0. The molecule has 1 fully saturated rings. The molecular weight excluding hydrogens is 317 g/mol. The molecule has 0 unspecified atom stereocenters. The first-order valence-electron chi connectivity index (χ1n) is 7.49. The molecule has 2 aromatic rings. The van der Waals surface area contributed by atoms with Crippen LogP contribution in [0.5, 0.6) is 0 Å². The number of piperazine rings is 1. The predicted octanol–water partition coefficient (Wildman–Crippen LogP) is 2.83. The molecule has 2 heterocycles. The molecule has 0 bridgehead atoms. The van der Waals surface area contributed by atoms with Crippen LogP contribution in [0.2, 0.25) is 5.02 Å². The van der Waals surface area contributed by atoms with Crippen LogP contribution in [-0.4, -0.2) is 46.9 Å². The van der Waals surface area contributed by atoms with Crippen LogP contribution in [0.15, 0.2) is 42.7 Å². The zero-order chi connectivity index (χ0) is 16.2. The second-order valence-electron chi connectivity index (χ2n) is 5.55. The fraction of sp³-hybridized carbons (Fsp3) is 0.294. The minimum Gasteiger partial charge on any atom is -0.336 e. The average molecular weight is 334 g/mol. The third kappa shape index (κ3) is 3.86. The summed E-state index contributed by atoms with van der Waals surface area (Å²) >= 11 is 6.00. The highest BCUT2D eigenvalue weighted by atomic mass is 35.5. The fourth-order valence-electron chi connectivity index (χ4n) is 2.72. The highest BCUT2D eigenvalue weighted by Crippen LogP contribution is 2.15. The quantitative estimate of drug-likeness (QED) is 0.866. The molecule has 0 spiro atoms. The van der Waals surface area contributed by atoms with E-state index in [1.54, 1.807) is 4.90 Å². The van der Waals surface area contributed by atoms with Crippen molar-refractivity contribution in [3.8, 4) is 0 Å². The first-order chi connectivity index (χ1) is 11.1. The van der Waals surface area contributed by atoms with Crippen molar-refractivity contribution in [2.45, 2.75) is 6.54 Å². The Morgan fingerprint density at radius 1 is 1.22 bits per heavy atom. The van der Waals surface area contributed by atoms with Crippen LogP contribution in [0.25, 0.3) is 0 Å². The number of hydrogen-bond acceptors (Lipinski definition) is 3. The van der Waals surface area contributed by atoms with Gasteiger partial charge >= 0.3 is 0 Å². The van der Waals surface area contributed by atoms with E-state index in [9.17, 15) is 9.18 Å². The Morgan fingerprint density at radius 3 is 2.70 bits per heavy atom. The molecule has 1 aliphatic heterocycles. The van der Waals surface area contributed by atoms with Gasteiger partial charge in [-0.1, -0.05) is 23.7 Å². The molecule has 0 radical (unpaired) electrons. The number of aromatic nitrogens is 1. The Hall–Kier alpha value is -1.98. The predicted molar refractivity (Wildman–Crippen MR) is 86.8 cm³/mol. The molecule has 1 saturated heterocycles. The normalized spacial score (nSPS) is 15.7. The number of carbonyl (C=O) groups is 1. The maximum atomic E-state index is 13.7. The van der Waals surface area contributed by atoms with Crippen LogP contribution in [0.3, 0.4) is 0 Å². The molecule has 4 nitrogen and oxygen atoms in total. The van der Waals surface area contributed by atoms with Crippen molar-refractivity contribution in [3.05, 3.63) is 64.7 Å². The van der Waals surface area contributed by atoms with Crippen molar-refractivity contribution in [2.75, 3.05) is 26.2 Å². The molecule has 0 atom stereocenters. The van der Waals surface area contributed by atoms with Gasteiger partial charge in [0.05, 0.1) is 11.8 Å². The number of pyridine rings is 1. The van der Waals surface area contributed by atoms with Crippen molar-refractivity contribution in [3.63, 3.8) is 0 Å². The van der Waals surface area contributed by atoms with E-state index >= 15 is 0 Å². The summed E-state index contributed by atoms with van der Waals surface area (Å²) in [5.41, 5.74) is 1.24. The van der Waals surface area contributed by atoms with E-state index in [2.05, 4.69) is 9.88 Å². The van der Waals surface area contributed by atoms with Crippen molar-refractivity contribution < 1.29 is 9.18 Å². The Bertz CT molecular complexity index is 702. The zero-order valence-electron chi connectivity index (χ0n) is 12.6. The van der Waals surface area contributed by atoms with E-state index in [1.165, 1.54) is 12.3 Å². The molecule has 0 aliphatic carbocycles. The van der Waals surface area contributed by atoms with E-state index < -0.39 is 5.82 Å². The Morgan fingerprint density at radius 2 is 2.00 bits per heavy atom. The first kappa shape index (κ1) is 15.9. The van der Waals surface area contributed by atoms with Gasteiger partial charge in [0, 0.05) is 43.9 Å². The Labute approximate surface area is 139 Å². The SMILES string of the molecule is O=C(c1ccncc1F)N1CCN(Cc2cccc(Cl)c2)CC1. The van der Waals surface area contributed by atoms with Gasteiger partial charge in [-0.05, 0) is 23.8 Å². The average Bonchev–Trinajstić information content (AvgIpc) is 2.55. The van der Waals surface area contributed by atoms with Crippen molar-refractivity contribution >= 4 is 17.5 Å². The third-order valence-electron chi connectivity index (χ3n) is 3.96. The molecule has 1 aliphatic rings. The molecule has 0 N–H and O–H groups in total. The summed E-state index contributed by atoms with van der Waals surface area (Å²) in [6.07, 6.45) is 2.51. The monoisotopic (exact) mass is 333 g/mol. The number of amides is 1. The summed E-state index contributed by atoms with van der Waals surface area (Å²) in [5, 5.41) is 0.726. The molecule has 1 amide bonds. The van der Waals surface area contributed by atoms with Crippen LogP contribution in [0, 0.1) is 5.82 Å². The number of hydrogen-bond donors (Lipinski definition) is 0. The second-order valence-corrected chi connectivity index (χ2v) is 5.99. The van der Waals surface area contributed by atoms with Gasteiger partial charge in [-0.15, -0.1) is 0 Å². The summed E-state index contributed by atoms with van der Waals surface area (Å²) in [6, 6.07) is 9.20. The first-order valence-corrected chi connectivity index (χ1v) is 7.87. The molecule has 23 heavy (non-hydrogen) atoms. The van der Waals surface area contributed by atoms with Gasteiger partial charge in [-0.2, -0.15) is 0 Å². The smallest absolute Gasteiger partial charge is 0.257 e. The van der Waals surface area contributed by atoms with E-state index in [4.69, 9.17) is 11.6 Å². The Balaban J connectivity index is 1.58. The van der Waals surface area contributed by atoms with Gasteiger partial charge in [0.2, 0.25) is 0 Å². The third-order valence-corrected chi connectivity index (χ3v) is 4.19. The lowest BCUT2D eigenvalue weighted by Gasteiger charge is -2.34. The van der Waals surface area contributed by atoms with Gasteiger partial charge in [0.25, 0.3) is 5.91 Å². The largest absolute Gasteiger partial charge is 0.336 e. The van der Waals surface area contributed by atoms with E-state index in [1.807, 2.05) is 24.3 Å². The lowest BCUT2D eigenvalue weighted by molar-refractivity contribution is 0.0624. The summed E-state index contributed by atoms with van der Waals surface area (Å²) in [6.45, 7) is 3.48. The van der Waals surface area contributed by atoms with E-state index in [0.29, 0.717) is 13.1 Å². The molecule has 3 rings (SSSR count). The van der Waals surface area contributed by atoms with Crippen molar-refractivity contribution in [1.82, 2.24) is 14.8 Å². The summed E-state index contributed by atoms with van der Waals surface area (Å²) in [5.74, 6) is -0.842. The van der Waals surface area contributed by atoms with Crippen LogP contribution < -0.4 is 0 Å². The molecule has 0 saturated carbocycles. The highest BCUT2D eigenvalue weighted by molar-refractivity contribution is 6.30. The highest BCUT2D eigenvalue weighted by Gasteiger charge is 2.24. The second kappa shape index (κ2) is 7.06.